The molecule has 0 aromatic carbocycles. The first-order valence-electron chi connectivity index (χ1n) is 5.61. The minimum absolute atomic E-state index is 0.0275. The van der Waals surface area contributed by atoms with Crippen molar-refractivity contribution in [3.05, 3.63) is 0 Å². The summed E-state index contributed by atoms with van der Waals surface area (Å²) in [6.45, 7) is 1.20. The molecule has 0 aromatic heterocycles. The maximum Gasteiger partial charge on any atom is 0.423 e. The molecule has 8 heteroatoms. The van der Waals surface area contributed by atoms with Gasteiger partial charge in [-0.1, -0.05) is 0 Å². The molecule has 1 atom stereocenters. The number of halogens is 6. The predicted octanol–water partition coefficient (Wildman–Crippen LogP) is 2.88. The summed E-state index contributed by atoms with van der Waals surface area (Å²) >= 11 is 0. The number of hydrogen-bond acceptors (Lipinski definition) is 2. The molecule has 108 valence electrons. The molecule has 1 N–H and O–H groups in total. The molecule has 1 saturated carbocycles. The zero-order chi connectivity index (χ0) is 14.0. The second kappa shape index (κ2) is 5.64. The maximum absolute atomic E-state index is 12.1. The molecule has 0 heterocycles. The van der Waals surface area contributed by atoms with E-state index in [1.165, 1.54) is 0 Å². The van der Waals surface area contributed by atoms with Gasteiger partial charge in [0.25, 0.3) is 0 Å². The Morgan fingerprint density at radius 2 is 1.61 bits per heavy atom. The molecule has 1 aliphatic carbocycles. The summed E-state index contributed by atoms with van der Waals surface area (Å²) in [5, 5.41) is 2.84. The Bertz CT molecular complexity index is 246. The smallest absolute Gasteiger partial charge is 0.360 e. The van der Waals surface area contributed by atoms with Crippen molar-refractivity contribution in [2.45, 2.75) is 44.3 Å². The third-order valence-electron chi connectivity index (χ3n) is 2.78. The summed E-state index contributed by atoms with van der Waals surface area (Å²) in [6.07, 6.45) is -12.5. The molecular weight excluding hydrogens is 264 g/mol. The van der Waals surface area contributed by atoms with E-state index in [0.29, 0.717) is 5.92 Å². The topological polar surface area (TPSA) is 21.3 Å². The van der Waals surface area contributed by atoms with E-state index in [1.54, 1.807) is 0 Å². The zero-order valence-electron chi connectivity index (χ0n) is 9.74. The lowest BCUT2D eigenvalue weighted by molar-refractivity contribution is -0.321. The van der Waals surface area contributed by atoms with Gasteiger partial charge in [0, 0.05) is 12.6 Å². The van der Waals surface area contributed by atoms with E-state index in [0.717, 1.165) is 12.8 Å². The van der Waals surface area contributed by atoms with Crippen LogP contribution in [-0.4, -0.2) is 37.7 Å². The molecule has 0 saturated heterocycles. The van der Waals surface area contributed by atoms with Crippen molar-refractivity contribution in [2.75, 3.05) is 13.2 Å². The van der Waals surface area contributed by atoms with E-state index in [4.69, 9.17) is 0 Å². The molecule has 0 bridgehead atoms. The first-order valence-corrected chi connectivity index (χ1v) is 5.61. The molecule has 1 aliphatic rings. The fraction of sp³-hybridized carbons (Fsp3) is 1.00. The van der Waals surface area contributed by atoms with Crippen molar-refractivity contribution in [1.82, 2.24) is 5.32 Å². The number of nitrogens with one attached hydrogen (secondary N) is 1. The predicted molar refractivity (Wildman–Crippen MR) is 52.0 cm³/mol. The van der Waals surface area contributed by atoms with Gasteiger partial charge in [-0.05, 0) is 25.7 Å². The van der Waals surface area contributed by atoms with Crippen molar-refractivity contribution in [1.29, 1.82) is 0 Å². The largest absolute Gasteiger partial charge is 0.423 e. The van der Waals surface area contributed by atoms with Gasteiger partial charge in [0.15, 0.2) is 0 Å². The molecule has 0 aliphatic heterocycles. The van der Waals surface area contributed by atoms with Crippen LogP contribution in [0.1, 0.15) is 19.8 Å². The number of alkyl halides is 6. The Hall–Kier alpha value is -0.500. The van der Waals surface area contributed by atoms with Crippen LogP contribution in [0.5, 0.6) is 0 Å². The van der Waals surface area contributed by atoms with Gasteiger partial charge in [-0.3, -0.25) is 0 Å². The third-order valence-corrected chi connectivity index (χ3v) is 2.78. The Balaban J connectivity index is 2.29. The van der Waals surface area contributed by atoms with Gasteiger partial charge in [-0.25, -0.2) is 0 Å². The average Bonchev–Trinajstić information content (AvgIpc) is 2.95. The van der Waals surface area contributed by atoms with Crippen LogP contribution < -0.4 is 5.32 Å². The van der Waals surface area contributed by atoms with E-state index in [1.807, 2.05) is 6.92 Å². The molecule has 18 heavy (non-hydrogen) atoms. The van der Waals surface area contributed by atoms with E-state index in [2.05, 4.69) is 10.1 Å². The quantitative estimate of drug-likeness (QED) is 0.596. The molecular formula is C10H15F6NO. The Morgan fingerprint density at radius 1 is 1.11 bits per heavy atom. The molecule has 1 fully saturated rings. The average molecular weight is 279 g/mol. The van der Waals surface area contributed by atoms with Gasteiger partial charge in [0.05, 0.1) is 6.61 Å². The molecule has 0 spiro atoms. The van der Waals surface area contributed by atoms with Gasteiger partial charge in [0.2, 0.25) is 6.10 Å². The van der Waals surface area contributed by atoms with Crippen LogP contribution in [0.4, 0.5) is 26.3 Å². The van der Waals surface area contributed by atoms with E-state index in [9.17, 15) is 26.3 Å². The lowest BCUT2D eigenvalue weighted by Gasteiger charge is -2.23. The van der Waals surface area contributed by atoms with Crippen LogP contribution in [0, 0.1) is 5.92 Å². The van der Waals surface area contributed by atoms with E-state index >= 15 is 0 Å². The fourth-order valence-electron chi connectivity index (χ4n) is 1.60. The third kappa shape index (κ3) is 5.01. The molecule has 0 radical (unpaired) electrons. The molecule has 1 rings (SSSR count). The standard InChI is InChI=1S/C10H15F6NO/c1-6(7-2-3-7)17-4-5-18-8(9(11,12)13)10(14,15)16/h6-8,17H,2-5H2,1H3. The Kier molecular flexibility index (Phi) is 4.88. The highest BCUT2D eigenvalue weighted by molar-refractivity contribution is 4.83. The maximum atomic E-state index is 12.1. The number of hydrogen-bond donors (Lipinski definition) is 1. The monoisotopic (exact) mass is 279 g/mol. The van der Waals surface area contributed by atoms with Gasteiger partial charge in [-0.2, -0.15) is 26.3 Å². The van der Waals surface area contributed by atoms with Crippen LogP contribution in [0.3, 0.4) is 0 Å². The van der Waals surface area contributed by atoms with Gasteiger partial charge < -0.3 is 10.1 Å². The normalized spacial score (nSPS) is 19.3. The first kappa shape index (κ1) is 15.6. The van der Waals surface area contributed by atoms with Gasteiger partial charge >= 0.3 is 12.4 Å². The molecule has 0 aromatic rings. The van der Waals surface area contributed by atoms with E-state index in [-0.39, 0.29) is 12.6 Å². The molecule has 1 unspecified atom stereocenters. The van der Waals surface area contributed by atoms with Crippen molar-refractivity contribution in [3.63, 3.8) is 0 Å². The Labute approximate surface area is 101 Å². The van der Waals surface area contributed by atoms with Crippen LogP contribution in [0.2, 0.25) is 0 Å². The van der Waals surface area contributed by atoms with Crippen molar-refractivity contribution in [3.8, 4) is 0 Å². The van der Waals surface area contributed by atoms with Crippen molar-refractivity contribution >= 4 is 0 Å². The highest BCUT2D eigenvalue weighted by atomic mass is 19.4. The van der Waals surface area contributed by atoms with Crippen molar-refractivity contribution < 1.29 is 31.1 Å². The summed E-state index contributed by atoms with van der Waals surface area (Å²) in [6, 6.07) is 0.101. The zero-order valence-corrected chi connectivity index (χ0v) is 9.74. The second-order valence-corrected chi connectivity index (χ2v) is 4.41. The van der Waals surface area contributed by atoms with E-state index < -0.39 is 25.1 Å². The summed E-state index contributed by atoms with van der Waals surface area (Å²) < 4.78 is 76.4. The highest BCUT2D eigenvalue weighted by Gasteiger charge is 2.57. The summed E-state index contributed by atoms with van der Waals surface area (Å²) in [5.74, 6) is 0.478. The summed E-state index contributed by atoms with van der Waals surface area (Å²) in [4.78, 5) is 0. The summed E-state index contributed by atoms with van der Waals surface area (Å²) in [7, 11) is 0. The lowest BCUT2D eigenvalue weighted by atomic mass is 10.2. The van der Waals surface area contributed by atoms with Crippen LogP contribution >= 0.6 is 0 Å². The minimum Gasteiger partial charge on any atom is -0.360 e. The number of rotatable bonds is 6. The molecule has 0 amide bonds. The minimum atomic E-state index is -5.43. The molecule has 2 nitrogen and oxygen atoms in total. The fourth-order valence-corrected chi connectivity index (χ4v) is 1.60. The van der Waals surface area contributed by atoms with Crippen molar-refractivity contribution in [2.24, 2.45) is 5.92 Å². The first-order chi connectivity index (χ1) is 8.12. The second-order valence-electron chi connectivity index (χ2n) is 4.41. The Morgan fingerprint density at radius 3 is 2.00 bits per heavy atom. The van der Waals surface area contributed by atoms with Gasteiger partial charge in [-0.15, -0.1) is 0 Å². The van der Waals surface area contributed by atoms with Crippen LogP contribution in [0.25, 0.3) is 0 Å². The summed E-state index contributed by atoms with van der Waals surface area (Å²) in [5.41, 5.74) is 0. The van der Waals surface area contributed by atoms with Gasteiger partial charge in [0.1, 0.15) is 0 Å². The number of ether oxygens (including phenoxy) is 1. The SMILES string of the molecule is CC(NCCOC(C(F)(F)F)C(F)(F)F)C1CC1. The van der Waals surface area contributed by atoms with Crippen LogP contribution in [0.15, 0.2) is 0 Å². The van der Waals surface area contributed by atoms with Crippen LogP contribution in [-0.2, 0) is 4.74 Å². The lowest BCUT2D eigenvalue weighted by Crippen LogP contribution is -2.45. The highest BCUT2D eigenvalue weighted by Crippen LogP contribution is 2.35.